The van der Waals surface area contributed by atoms with Crippen molar-refractivity contribution in [3.8, 4) is 0 Å². The van der Waals surface area contributed by atoms with Crippen molar-refractivity contribution < 1.29 is 19.0 Å². The number of carbonyl (C=O) groups excluding carboxylic acids is 1. The topological polar surface area (TPSA) is 48.1 Å². The Balaban J connectivity index is 2.12. The number of esters is 1. The molecule has 0 aromatic rings. The Hall–Kier alpha value is -0.610. The molecule has 0 amide bonds. The summed E-state index contributed by atoms with van der Waals surface area (Å²) in [6, 6.07) is 0. The van der Waals surface area contributed by atoms with Gasteiger partial charge in [-0.15, -0.1) is 0 Å². The average Bonchev–Trinajstić information content (AvgIpc) is 3.00. The number of ether oxygens (including phenoxy) is 3. The van der Waals surface area contributed by atoms with E-state index in [1.807, 2.05) is 6.92 Å². The summed E-state index contributed by atoms with van der Waals surface area (Å²) >= 11 is 0. The molecular weight excluding hydrogens is 220 g/mol. The van der Waals surface area contributed by atoms with Gasteiger partial charge in [-0.25, -0.2) is 4.79 Å². The van der Waals surface area contributed by atoms with Crippen LogP contribution in [0.2, 0.25) is 0 Å². The lowest BCUT2D eigenvalue weighted by Gasteiger charge is -2.16. The van der Waals surface area contributed by atoms with Crippen LogP contribution in [0.15, 0.2) is 0 Å². The first kappa shape index (κ1) is 12.8. The number of carbonyl (C=O) groups is 1. The highest BCUT2D eigenvalue weighted by atomic mass is 16.7. The molecule has 1 spiro atoms. The summed E-state index contributed by atoms with van der Waals surface area (Å²) < 4.78 is 16.5. The Kier molecular flexibility index (Phi) is 3.73. The van der Waals surface area contributed by atoms with Crippen LogP contribution in [-0.2, 0) is 19.0 Å². The molecule has 0 aromatic carbocycles. The van der Waals surface area contributed by atoms with E-state index in [0.717, 1.165) is 38.7 Å². The maximum Gasteiger partial charge on any atom is 0.341 e. The van der Waals surface area contributed by atoms with E-state index >= 15 is 0 Å². The first-order chi connectivity index (χ1) is 8.21. The van der Waals surface area contributed by atoms with Gasteiger partial charge in [-0.1, -0.05) is 13.3 Å². The van der Waals surface area contributed by atoms with E-state index in [1.54, 1.807) is 0 Å². The summed E-state index contributed by atoms with van der Waals surface area (Å²) in [6.07, 6.45) is 4.37. The minimum absolute atomic E-state index is 0.177. The fourth-order valence-electron chi connectivity index (χ4n) is 2.95. The zero-order valence-corrected chi connectivity index (χ0v) is 10.8. The predicted molar refractivity (Wildman–Crippen MR) is 62.8 cm³/mol. The molecule has 2 aliphatic rings. The molecule has 2 rings (SSSR count). The van der Waals surface area contributed by atoms with Crippen LogP contribution in [0.4, 0.5) is 0 Å². The number of hydrogen-bond acceptors (Lipinski definition) is 4. The van der Waals surface area contributed by atoms with Gasteiger partial charge in [0.1, 0.15) is 5.60 Å². The predicted octanol–water partition coefficient (Wildman–Crippen LogP) is 2.06. The molecule has 0 radical (unpaired) electrons. The van der Waals surface area contributed by atoms with Gasteiger partial charge in [-0.3, -0.25) is 0 Å². The molecule has 98 valence electrons. The van der Waals surface area contributed by atoms with E-state index in [-0.39, 0.29) is 11.6 Å². The Bertz CT molecular complexity index is 281. The van der Waals surface area contributed by atoms with Gasteiger partial charge in [0.05, 0.1) is 6.61 Å². The average molecular weight is 242 g/mol. The van der Waals surface area contributed by atoms with Crippen LogP contribution < -0.4 is 0 Å². The van der Waals surface area contributed by atoms with Crippen molar-refractivity contribution in [3.63, 3.8) is 0 Å². The lowest BCUT2D eigenvalue weighted by atomic mass is 9.83. The summed E-state index contributed by atoms with van der Waals surface area (Å²) in [7, 11) is 0. The van der Waals surface area contributed by atoms with E-state index in [2.05, 4.69) is 6.92 Å². The molecule has 2 heterocycles. The molecule has 2 saturated heterocycles. The van der Waals surface area contributed by atoms with Crippen molar-refractivity contribution in [1.29, 1.82) is 0 Å². The molecule has 4 heteroatoms. The fraction of sp³-hybridized carbons (Fsp3) is 0.923. The lowest BCUT2D eigenvalue weighted by Crippen LogP contribution is -2.36. The van der Waals surface area contributed by atoms with Crippen molar-refractivity contribution in [1.82, 2.24) is 0 Å². The number of epoxide rings is 1. The Morgan fingerprint density at radius 1 is 1.29 bits per heavy atom. The summed E-state index contributed by atoms with van der Waals surface area (Å²) in [5.41, 5.74) is -0.975. The molecule has 2 atom stereocenters. The van der Waals surface area contributed by atoms with Crippen molar-refractivity contribution in [2.45, 2.75) is 57.2 Å². The highest BCUT2D eigenvalue weighted by molar-refractivity contribution is 5.85. The third kappa shape index (κ3) is 2.08. The van der Waals surface area contributed by atoms with Crippen LogP contribution in [0.3, 0.4) is 0 Å². The van der Waals surface area contributed by atoms with Crippen molar-refractivity contribution >= 4 is 5.97 Å². The monoisotopic (exact) mass is 242 g/mol. The van der Waals surface area contributed by atoms with Gasteiger partial charge < -0.3 is 14.2 Å². The molecular formula is C13H22O4. The third-order valence-electron chi connectivity index (χ3n) is 3.79. The normalized spacial score (nSPS) is 36.6. The Morgan fingerprint density at radius 2 is 2.12 bits per heavy atom. The molecule has 4 nitrogen and oxygen atoms in total. The fourth-order valence-corrected chi connectivity index (χ4v) is 2.95. The standard InChI is InChI=1S/C13H22O4/c1-3-6-13(11(14)16-4-2)12(17-13)7-5-9-15-10-8-12/h3-10H2,1-2H3. The minimum atomic E-state index is -0.675. The van der Waals surface area contributed by atoms with Crippen LogP contribution >= 0.6 is 0 Å². The molecule has 17 heavy (non-hydrogen) atoms. The summed E-state index contributed by atoms with van der Waals surface area (Å²) in [4.78, 5) is 12.1. The Morgan fingerprint density at radius 3 is 2.82 bits per heavy atom. The molecule has 0 N–H and O–H groups in total. The van der Waals surface area contributed by atoms with E-state index < -0.39 is 5.60 Å². The largest absolute Gasteiger partial charge is 0.464 e. The van der Waals surface area contributed by atoms with Crippen LogP contribution in [0, 0.1) is 0 Å². The molecule has 0 aromatic heterocycles. The second-order valence-electron chi connectivity index (χ2n) is 4.86. The zero-order valence-electron chi connectivity index (χ0n) is 10.8. The van der Waals surface area contributed by atoms with Crippen LogP contribution in [0.5, 0.6) is 0 Å². The summed E-state index contributed by atoms with van der Waals surface area (Å²) in [5.74, 6) is -0.177. The number of hydrogen-bond donors (Lipinski definition) is 0. The van der Waals surface area contributed by atoms with Gasteiger partial charge in [0.2, 0.25) is 0 Å². The van der Waals surface area contributed by atoms with Gasteiger partial charge in [0.15, 0.2) is 5.60 Å². The van der Waals surface area contributed by atoms with E-state index in [4.69, 9.17) is 14.2 Å². The molecule has 0 saturated carbocycles. The van der Waals surface area contributed by atoms with E-state index in [0.29, 0.717) is 13.2 Å². The van der Waals surface area contributed by atoms with Gasteiger partial charge >= 0.3 is 5.97 Å². The van der Waals surface area contributed by atoms with Gasteiger partial charge in [-0.2, -0.15) is 0 Å². The van der Waals surface area contributed by atoms with Gasteiger partial charge in [0, 0.05) is 19.6 Å². The first-order valence-electron chi connectivity index (χ1n) is 6.66. The lowest BCUT2D eigenvalue weighted by molar-refractivity contribution is -0.149. The zero-order chi connectivity index (χ0) is 12.4. The Labute approximate surface area is 103 Å². The van der Waals surface area contributed by atoms with Crippen molar-refractivity contribution in [2.24, 2.45) is 0 Å². The quantitative estimate of drug-likeness (QED) is 0.559. The smallest absolute Gasteiger partial charge is 0.341 e. The number of rotatable bonds is 4. The van der Waals surface area contributed by atoms with Crippen molar-refractivity contribution in [2.75, 3.05) is 19.8 Å². The van der Waals surface area contributed by atoms with Gasteiger partial charge in [0.25, 0.3) is 0 Å². The maximum atomic E-state index is 12.1. The molecule has 2 unspecified atom stereocenters. The van der Waals surface area contributed by atoms with Crippen LogP contribution in [-0.4, -0.2) is 37.0 Å². The second-order valence-corrected chi connectivity index (χ2v) is 4.86. The summed E-state index contributed by atoms with van der Waals surface area (Å²) in [6.45, 7) is 5.79. The minimum Gasteiger partial charge on any atom is -0.464 e. The molecule has 2 aliphatic heterocycles. The second kappa shape index (κ2) is 4.94. The third-order valence-corrected chi connectivity index (χ3v) is 3.79. The molecule has 2 fully saturated rings. The SMILES string of the molecule is CCCC1(C(=O)OCC)OC12CCCOCC2. The van der Waals surface area contributed by atoms with Gasteiger partial charge in [-0.05, 0) is 26.2 Å². The van der Waals surface area contributed by atoms with Crippen LogP contribution in [0.25, 0.3) is 0 Å². The van der Waals surface area contributed by atoms with E-state index in [9.17, 15) is 4.79 Å². The van der Waals surface area contributed by atoms with E-state index in [1.165, 1.54) is 0 Å². The molecule has 0 aliphatic carbocycles. The highest BCUT2D eigenvalue weighted by Gasteiger charge is 2.73. The highest BCUT2D eigenvalue weighted by Crippen LogP contribution is 2.57. The first-order valence-corrected chi connectivity index (χ1v) is 6.66. The summed E-state index contributed by atoms with van der Waals surface area (Å²) in [5, 5.41) is 0. The maximum absolute atomic E-state index is 12.1. The van der Waals surface area contributed by atoms with Crippen molar-refractivity contribution in [3.05, 3.63) is 0 Å². The van der Waals surface area contributed by atoms with Crippen LogP contribution in [0.1, 0.15) is 46.0 Å². The molecule has 0 bridgehead atoms.